The van der Waals surface area contributed by atoms with Crippen LogP contribution in [-0.2, 0) is 31.7 Å². The number of esters is 1. The van der Waals surface area contributed by atoms with Crippen molar-refractivity contribution in [3.8, 4) is 0 Å². The number of hydrogen-bond donors (Lipinski definition) is 2. The highest BCUT2D eigenvalue weighted by molar-refractivity contribution is 5.93. The van der Waals surface area contributed by atoms with Gasteiger partial charge in [0.25, 0.3) is 0 Å². The van der Waals surface area contributed by atoms with Crippen molar-refractivity contribution in [2.45, 2.75) is 37.5 Å². The summed E-state index contributed by atoms with van der Waals surface area (Å²) in [5, 5.41) is 4.79. The van der Waals surface area contributed by atoms with Gasteiger partial charge in [-0.1, -0.05) is 18.2 Å². The first kappa shape index (κ1) is 18.8. The Morgan fingerprint density at radius 3 is 2.60 bits per heavy atom. The van der Waals surface area contributed by atoms with Gasteiger partial charge in [-0.2, -0.15) is 13.2 Å². The first-order valence-electron chi connectivity index (χ1n) is 7.55. The molecule has 1 saturated heterocycles. The van der Waals surface area contributed by atoms with Gasteiger partial charge in [-0.15, -0.1) is 0 Å². The Morgan fingerprint density at radius 1 is 1.36 bits per heavy atom. The van der Waals surface area contributed by atoms with Gasteiger partial charge >= 0.3 is 12.1 Å². The maximum Gasteiger partial charge on any atom is 0.416 e. The summed E-state index contributed by atoms with van der Waals surface area (Å²) in [4.78, 5) is 35.2. The van der Waals surface area contributed by atoms with Crippen LogP contribution in [0.2, 0.25) is 0 Å². The predicted molar refractivity (Wildman–Crippen MR) is 80.3 cm³/mol. The molecule has 0 aromatic heterocycles. The maximum atomic E-state index is 13.1. The van der Waals surface area contributed by atoms with Crippen molar-refractivity contribution < 1.29 is 32.3 Å². The largest absolute Gasteiger partial charge is 0.467 e. The number of carbonyl (C=O) groups excluding carboxylic acids is 3. The molecule has 2 rings (SSSR count). The SMILES string of the molecule is COC(=O)[C@H](Cc1ccccc1C(F)(F)F)NC(=O)[C@@H]1CCC(=O)N1. The number of methoxy groups -OCH3 is 1. The minimum Gasteiger partial charge on any atom is -0.467 e. The molecule has 1 aliphatic heterocycles. The zero-order valence-electron chi connectivity index (χ0n) is 13.4. The summed E-state index contributed by atoms with van der Waals surface area (Å²) in [6.07, 6.45) is -4.52. The lowest BCUT2D eigenvalue weighted by Crippen LogP contribution is -2.50. The van der Waals surface area contributed by atoms with Crippen molar-refractivity contribution in [1.82, 2.24) is 10.6 Å². The standard InChI is InChI=1S/C16H17F3N2O4/c1-25-15(24)12(21-14(23)11-6-7-13(22)20-11)8-9-4-2-3-5-10(9)16(17,18)19/h2-5,11-12H,6-8H2,1H3,(H,20,22)(H,21,23)/t11-,12-/m0/s1. The van der Waals surface area contributed by atoms with Crippen LogP contribution >= 0.6 is 0 Å². The van der Waals surface area contributed by atoms with Crippen molar-refractivity contribution in [1.29, 1.82) is 0 Å². The number of rotatable bonds is 5. The number of hydrogen-bond acceptors (Lipinski definition) is 4. The maximum absolute atomic E-state index is 13.1. The lowest BCUT2D eigenvalue weighted by Gasteiger charge is -2.21. The van der Waals surface area contributed by atoms with Gasteiger partial charge in [0.2, 0.25) is 11.8 Å². The monoisotopic (exact) mass is 358 g/mol. The summed E-state index contributed by atoms with van der Waals surface area (Å²) in [5.41, 5.74) is -1.02. The topological polar surface area (TPSA) is 84.5 Å². The van der Waals surface area contributed by atoms with E-state index in [1.165, 1.54) is 18.2 Å². The highest BCUT2D eigenvalue weighted by Gasteiger charge is 2.35. The quantitative estimate of drug-likeness (QED) is 0.775. The van der Waals surface area contributed by atoms with Gasteiger partial charge in [0.15, 0.2) is 0 Å². The summed E-state index contributed by atoms with van der Waals surface area (Å²) in [6, 6.07) is 2.70. The first-order chi connectivity index (χ1) is 11.7. The average Bonchev–Trinajstić information content (AvgIpc) is 2.99. The number of amides is 2. The van der Waals surface area contributed by atoms with Crippen LogP contribution < -0.4 is 10.6 Å². The van der Waals surface area contributed by atoms with E-state index in [0.29, 0.717) is 0 Å². The third-order valence-corrected chi connectivity index (χ3v) is 3.86. The van der Waals surface area contributed by atoms with Gasteiger partial charge in [-0.05, 0) is 18.1 Å². The Balaban J connectivity index is 2.18. The van der Waals surface area contributed by atoms with Crippen LogP contribution in [0.15, 0.2) is 24.3 Å². The molecule has 136 valence electrons. The lowest BCUT2D eigenvalue weighted by molar-refractivity contribution is -0.146. The fourth-order valence-corrected chi connectivity index (χ4v) is 2.61. The Kier molecular flexibility index (Phi) is 5.66. The van der Waals surface area contributed by atoms with Gasteiger partial charge in [-0.25, -0.2) is 4.79 Å². The second kappa shape index (κ2) is 7.54. The third kappa shape index (κ3) is 4.71. The van der Waals surface area contributed by atoms with E-state index in [1.807, 2.05) is 0 Å². The van der Waals surface area contributed by atoms with Crippen molar-refractivity contribution >= 4 is 17.8 Å². The lowest BCUT2D eigenvalue weighted by atomic mass is 9.99. The molecule has 0 saturated carbocycles. The molecule has 1 fully saturated rings. The molecule has 0 radical (unpaired) electrons. The molecule has 0 bridgehead atoms. The number of benzene rings is 1. The highest BCUT2D eigenvalue weighted by Crippen LogP contribution is 2.32. The van der Waals surface area contributed by atoms with E-state index >= 15 is 0 Å². The number of alkyl halides is 3. The van der Waals surface area contributed by atoms with Crippen molar-refractivity contribution in [2.24, 2.45) is 0 Å². The van der Waals surface area contributed by atoms with E-state index < -0.39 is 35.7 Å². The Hall–Kier alpha value is -2.58. The molecule has 0 unspecified atom stereocenters. The Bertz CT molecular complexity index is 676. The second-order valence-electron chi connectivity index (χ2n) is 5.60. The van der Waals surface area contributed by atoms with E-state index in [1.54, 1.807) is 0 Å². The molecule has 2 amide bonds. The van der Waals surface area contributed by atoms with Crippen molar-refractivity contribution in [2.75, 3.05) is 7.11 Å². The van der Waals surface area contributed by atoms with Gasteiger partial charge < -0.3 is 15.4 Å². The molecular formula is C16H17F3N2O4. The molecule has 6 nitrogen and oxygen atoms in total. The predicted octanol–water partition coefficient (Wildman–Crippen LogP) is 1.18. The fourth-order valence-electron chi connectivity index (χ4n) is 2.61. The van der Waals surface area contributed by atoms with Crippen molar-refractivity contribution in [3.63, 3.8) is 0 Å². The summed E-state index contributed by atoms with van der Waals surface area (Å²) in [6.45, 7) is 0. The molecule has 9 heteroatoms. The molecule has 1 aliphatic rings. The van der Waals surface area contributed by atoms with Crippen LogP contribution in [0.1, 0.15) is 24.0 Å². The average molecular weight is 358 g/mol. The van der Waals surface area contributed by atoms with Crippen LogP contribution in [0, 0.1) is 0 Å². The van der Waals surface area contributed by atoms with Crippen LogP contribution in [0.4, 0.5) is 13.2 Å². The van der Waals surface area contributed by atoms with E-state index in [2.05, 4.69) is 15.4 Å². The van der Waals surface area contributed by atoms with Gasteiger partial charge in [-0.3, -0.25) is 9.59 Å². The van der Waals surface area contributed by atoms with Gasteiger partial charge in [0, 0.05) is 12.8 Å². The summed E-state index contributed by atoms with van der Waals surface area (Å²) < 4.78 is 43.8. The van der Waals surface area contributed by atoms with E-state index in [4.69, 9.17) is 0 Å². The van der Waals surface area contributed by atoms with Crippen LogP contribution in [0.25, 0.3) is 0 Å². The van der Waals surface area contributed by atoms with Gasteiger partial charge in [0.05, 0.1) is 12.7 Å². The normalized spacial score (nSPS) is 18.4. The fraction of sp³-hybridized carbons (Fsp3) is 0.438. The zero-order valence-corrected chi connectivity index (χ0v) is 13.4. The van der Waals surface area contributed by atoms with E-state index in [-0.39, 0.29) is 30.7 Å². The molecule has 1 aromatic rings. The van der Waals surface area contributed by atoms with Crippen LogP contribution in [0.5, 0.6) is 0 Å². The first-order valence-corrected chi connectivity index (χ1v) is 7.55. The molecule has 25 heavy (non-hydrogen) atoms. The molecule has 0 aliphatic carbocycles. The molecule has 1 heterocycles. The summed E-state index contributed by atoms with van der Waals surface area (Å²) in [7, 11) is 1.08. The molecule has 0 spiro atoms. The number of ether oxygens (including phenoxy) is 1. The van der Waals surface area contributed by atoms with Crippen molar-refractivity contribution in [3.05, 3.63) is 35.4 Å². The second-order valence-corrected chi connectivity index (χ2v) is 5.60. The highest BCUT2D eigenvalue weighted by atomic mass is 19.4. The Labute approximate surface area is 141 Å². The van der Waals surface area contributed by atoms with E-state index in [0.717, 1.165) is 13.2 Å². The van der Waals surface area contributed by atoms with Crippen LogP contribution in [0.3, 0.4) is 0 Å². The summed E-state index contributed by atoms with van der Waals surface area (Å²) in [5.74, 6) is -1.79. The zero-order chi connectivity index (χ0) is 18.6. The molecular weight excluding hydrogens is 341 g/mol. The van der Waals surface area contributed by atoms with E-state index in [9.17, 15) is 27.6 Å². The third-order valence-electron chi connectivity index (χ3n) is 3.86. The summed E-state index contributed by atoms with van der Waals surface area (Å²) >= 11 is 0. The number of carbonyl (C=O) groups is 3. The molecule has 2 atom stereocenters. The minimum absolute atomic E-state index is 0.138. The Morgan fingerprint density at radius 2 is 2.04 bits per heavy atom. The van der Waals surface area contributed by atoms with Gasteiger partial charge in [0.1, 0.15) is 12.1 Å². The molecule has 2 N–H and O–H groups in total. The molecule has 1 aromatic carbocycles. The number of halogens is 3. The smallest absolute Gasteiger partial charge is 0.416 e. The number of nitrogens with one attached hydrogen (secondary N) is 2. The minimum atomic E-state index is -4.58. The van der Waals surface area contributed by atoms with Crippen LogP contribution in [-0.4, -0.2) is 37.0 Å².